The molecule has 1 atom stereocenters. The fourth-order valence-electron chi connectivity index (χ4n) is 2.17. The van der Waals surface area contributed by atoms with E-state index >= 15 is 0 Å². The van der Waals surface area contributed by atoms with E-state index in [1.807, 2.05) is 42.5 Å². The lowest BCUT2D eigenvalue weighted by molar-refractivity contribution is -0.122. The Bertz CT molecular complexity index is 672. The smallest absolute Gasteiger partial charge is 0.257 e. The maximum absolute atomic E-state index is 11.7. The van der Waals surface area contributed by atoms with E-state index in [1.165, 1.54) is 0 Å². The number of ether oxygens (including phenoxy) is 1. The highest BCUT2D eigenvalue weighted by atomic mass is 16.5. The number of nitrogens with two attached hydrogens (primary N) is 1. The Balaban J connectivity index is 1.93. The Morgan fingerprint density at radius 3 is 2.33 bits per heavy atom. The number of carbonyl (C=O) groups excluding carboxylic acids is 2. The summed E-state index contributed by atoms with van der Waals surface area (Å²) in [5.74, 6) is -0.00324. The van der Waals surface area contributed by atoms with Gasteiger partial charge in [0.1, 0.15) is 11.8 Å². The Morgan fingerprint density at radius 2 is 1.75 bits per heavy atom. The number of amides is 2. The molecule has 2 rings (SSSR count). The molecule has 0 aromatic heterocycles. The van der Waals surface area contributed by atoms with Crippen LogP contribution in [-0.4, -0.2) is 25.5 Å². The third-order valence-corrected chi connectivity index (χ3v) is 3.50. The Hall–Kier alpha value is -2.86. The van der Waals surface area contributed by atoms with Gasteiger partial charge in [-0.05, 0) is 23.3 Å². The number of rotatable bonds is 8. The number of likely N-dealkylation sites (N-methyl/N-ethyl adjacent to an activating group) is 1. The standard InChI is InChI=1S/C18H21N3O3/c1-20-16(22)12-24-15-9-7-13(8-10-15)11-21-17(18(19)23)14-5-3-2-4-6-14/h2-10,17,21H,11-12H2,1H3,(H2,19,23)(H,20,22)/t17-/m0/s1. The van der Waals surface area contributed by atoms with E-state index in [4.69, 9.17) is 10.5 Å². The van der Waals surface area contributed by atoms with Crippen LogP contribution < -0.4 is 21.1 Å². The lowest BCUT2D eigenvalue weighted by atomic mass is 10.1. The van der Waals surface area contributed by atoms with Crippen LogP contribution in [0.2, 0.25) is 0 Å². The number of primary amides is 1. The second kappa shape index (κ2) is 8.69. The first-order valence-electron chi connectivity index (χ1n) is 7.60. The molecule has 126 valence electrons. The molecule has 4 N–H and O–H groups in total. The number of carbonyl (C=O) groups is 2. The third-order valence-electron chi connectivity index (χ3n) is 3.50. The van der Waals surface area contributed by atoms with Crippen molar-refractivity contribution in [3.05, 3.63) is 65.7 Å². The Kier molecular flexibility index (Phi) is 6.33. The summed E-state index contributed by atoms with van der Waals surface area (Å²) in [6.45, 7) is 0.462. The predicted molar refractivity (Wildman–Crippen MR) is 91.2 cm³/mol. The van der Waals surface area contributed by atoms with E-state index in [-0.39, 0.29) is 12.5 Å². The van der Waals surface area contributed by atoms with Crippen LogP contribution in [0.1, 0.15) is 17.2 Å². The van der Waals surface area contributed by atoms with Gasteiger partial charge >= 0.3 is 0 Å². The van der Waals surface area contributed by atoms with Gasteiger partial charge in [0.05, 0.1) is 0 Å². The summed E-state index contributed by atoms with van der Waals surface area (Å²) in [5, 5.41) is 5.64. The van der Waals surface area contributed by atoms with E-state index in [9.17, 15) is 9.59 Å². The maximum atomic E-state index is 11.7. The van der Waals surface area contributed by atoms with Gasteiger partial charge in [0.2, 0.25) is 5.91 Å². The fraction of sp³-hybridized carbons (Fsp3) is 0.222. The van der Waals surface area contributed by atoms with E-state index in [1.54, 1.807) is 19.2 Å². The largest absolute Gasteiger partial charge is 0.484 e. The minimum Gasteiger partial charge on any atom is -0.484 e. The van der Waals surface area contributed by atoms with Crippen LogP contribution in [0.3, 0.4) is 0 Å². The SMILES string of the molecule is CNC(=O)COc1ccc(CN[C@H](C(N)=O)c2ccccc2)cc1. The fourth-order valence-corrected chi connectivity index (χ4v) is 2.17. The number of hydrogen-bond donors (Lipinski definition) is 3. The van der Waals surface area contributed by atoms with E-state index in [0.29, 0.717) is 12.3 Å². The van der Waals surface area contributed by atoms with Gasteiger partial charge in [0.15, 0.2) is 6.61 Å². The molecule has 0 fully saturated rings. The van der Waals surface area contributed by atoms with Gasteiger partial charge in [-0.3, -0.25) is 14.9 Å². The van der Waals surface area contributed by atoms with Crippen molar-refractivity contribution in [3.63, 3.8) is 0 Å². The molecule has 0 radical (unpaired) electrons. The van der Waals surface area contributed by atoms with E-state index < -0.39 is 11.9 Å². The summed E-state index contributed by atoms with van der Waals surface area (Å²) < 4.78 is 5.34. The van der Waals surface area contributed by atoms with Crippen LogP contribution in [0.5, 0.6) is 5.75 Å². The molecule has 0 spiro atoms. The van der Waals surface area contributed by atoms with Crippen molar-refractivity contribution in [1.82, 2.24) is 10.6 Å². The van der Waals surface area contributed by atoms with Crippen LogP contribution in [0.25, 0.3) is 0 Å². The summed E-state index contributed by atoms with van der Waals surface area (Å²) >= 11 is 0. The number of nitrogens with one attached hydrogen (secondary N) is 2. The normalized spacial score (nSPS) is 11.5. The van der Waals surface area contributed by atoms with Crippen molar-refractivity contribution >= 4 is 11.8 Å². The first-order chi connectivity index (χ1) is 11.6. The van der Waals surface area contributed by atoms with Crippen molar-refractivity contribution in [3.8, 4) is 5.75 Å². The zero-order chi connectivity index (χ0) is 17.4. The maximum Gasteiger partial charge on any atom is 0.257 e. The van der Waals surface area contributed by atoms with Gasteiger partial charge in [-0.15, -0.1) is 0 Å². The summed E-state index contributed by atoms with van der Waals surface area (Å²) in [7, 11) is 1.56. The molecule has 6 heteroatoms. The average molecular weight is 327 g/mol. The third kappa shape index (κ3) is 5.10. The molecule has 0 bridgehead atoms. The van der Waals surface area contributed by atoms with Crippen molar-refractivity contribution in [2.45, 2.75) is 12.6 Å². The van der Waals surface area contributed by atoms with Gasteiger partial charge in [0.25, 0.3) is 5.91 Å². The monoisotopic (exact) mass is 327 g/mol. The van der Waals surface area contributed by atoms with Crippen LogP contribution in [0.4, 0.5) is 0 Å². The molecule has 0 saturated heterocycles. The van der Waals surface area contributed by atoms with Crippen molar-refractivity contribution in [1.29, 1.82) is 0 Å². The average Bonchev–Trinajstić information content (AvgIpc) is 2.61. The van der Waals surface area contributed by atoms with Crippen LogP contribution in [0.15, 0.2) is 54.6 Å². The van der Waals surface area contributed by atoms with Gasteiger partial charge in [0, 0.05) is 13.6 Å². The first-order valence-corrected chi connectivity index (χ1v) is 7.60. The van der Waals surface area contributed by atoms with Crippen LogP contribution >= 0.6 is 0 Å². The van der Waals surface area contributed by atoms with Crippen LogP contribution in [-0.2, 0) is 16.1 Å². The van der Waals surface area contributed by atoms with Gasteiger partial charge in [-0.25, -0.2) is 0 Å². The lowest BCUT2D eigenvalue weighted by Gasteiger charge is -2.16. The molecule has 2 amide bonds. The van der Waals surface area contributed by atoms with Crippen LogP contribution in [0, 0.1) is 0 Å². The molecule has 0 heterocycles. The summed E-state index contributed by atoms with van der Waals surface area (Å²) in [6.07, 6.45) is 0. The molecular weight excluding hydrogens is 306 g/mol. The highest BCUT2D eigenvalue weighted by Crippen LogP contribution is 2.15. The summed E-state index contributed by atoms with van der Waals surface area (Å²) in [4.78, 5) is 22.8. The summed E-state index contributed by atoms with van der Waals surface area (Å²) in [5.41, 5.74) is 7.28. The lowest BCUT2D eigenvalue weighted by Crippen LogP contribution is -2.33. The van der Waals surface area contributed by atoms with Gasteiger partial charge in [-0.1, -0.05) is 42.5 Å². The number of benzene rings is 2. The van der Waals surface area contributed by atoms with Crippen molar-refractivity contribution in [2.24, 2.45) is 5.73 Å². The minimum atomic E-state index is -0.546. The zero-order valence-electron chi connectivity index (χ0n) is 13.5. The zero-order valence-corrected chi connectivity index (χ0v) is 13.5. The quantitative estimate of drug-likeness (QED) is 0.677. The molecule has 2 aromatic carbocycles. The molecule has 0 aliphatic heterocycles. The molecule has 2 aromatic rings. The Morgan fingerprint density at radius 1 is 1.08 bits per heavy atom. The predicted octanol–water partition coefficient (Wildman–Crippen LogP) is 1.13. The molecule has 0 aliphatic carbocycles. The van der Waals surface area contributed by atoms with Gasteiger partial charge < -0.3 is 15.8 Å². The van der Waals surface area contributed by atoms with E-state index in [2.05, 4.69) is 10.6 Å². The molecular formula is C18H21N3O3. The first kappa shape index (κ1) is 17.5. The van der Waals surface area contributed by atoms with Crippen molar-refractivity contribution < 1.29 is 14.3 Å². The van der Waals surface area contributed by atoms with Crippen molar-refractivity contribution in [2.75, 3.05) is 13.7 Å². The number of hydrogen-bond acceptors (Lipinski definition) is 4. The second-order valence-corrected chi connectivity index (χ2v) is 5.23. The highest BCUT2D eigenvalue weighted by Gasteiger charge is 2.16. The van der Waals surface area contributed by atoms with E-state index in [0.717, 1.165) is 11.1 Å². The van der Waals surface area contributed by atoms with Gasteiger partial charge in [-0.2, -0.15) is 0 Å². The minimum absolute atomic E-state index is 0.0220. The highest BCUT2D eigenvalue weighted by molar-refractivity contribution is 5.81. The molecule has 0 unspecified atom stereocenters. The molecule has 0 aliphatic rings. The molecule has 0 saturated carbocycles. The second-order valence-electron chi connectivity index (χ2n) is 5.23. The molecule has 24 heavy (non-hydrogen) atoms. The Labute approximate surface area is 141 Å². The molecule has 6 nitrogen and oxygen atoms in total. The topological polar surface area (TPSA) is 93.4 Å². The summed E-state index contributed by atoms with van der Waals surface area (Å²) in [6, 6.07) is 16.1.